The molecule has 0 radical (unpaired) electrons. The molecule has 0 aromatic heterocycles. The minimum Gasteiger partial charge on any atom is -0.517 e. The summed E-state index contributed by atoms with van der Waals surface area (Å²) in [6.45, 7) is 0. The smallest absolute Gasteiger partial charge is 0.517 e. The maximum Gasteiger partial charge on any atom is 2.00 e. The fraction of sp³-hybridized carbons (Fsp3) is 0.500. The normalized spacial score (nSPS) is 6.00. The Morgan fingerprint density at radius 2 is 1.09 bits per heavy atom. The molecule has 0 N–H and O–H groups in total. The Morgan fingerprint density at radius 3 is 1.09 bits per heavy atom. The molecule has 0 aliphatic carbocycles. The third kappa shape index (κ3) is 34.4. The van der Waals surface area contributed by atoms with Crippen molar-refractivity contribution < 1.29 is 9.47 Å². The van der Waals surface area contributed by atoms with Crippen molar-refractivity contribution in [1.29, 1.82) is 0 Å². The average Bonchev–Trinajstić information content (AvgIpc) is 1.89. The molecule has 0 bridgehead atoms. The first-order chi connectivity index (χ1) is 4.54. The van der Waals surface area contributed by atoms with Gasteiger partial charge < -0.3 is 59.2 Å². The van der Waals surface area contributed by atoms with Crippen LogP contribution < -0.4 is 0 Å². The molecule has 0 saturated heterocycles. The number of methoxy groups -OCH3 is 2. The summed E-state index contributed by atoms with van der Waals surface area (Å²) in [6, 6.07) is 0. The molecule has 60 valence electrons. The standard InChI is InChI=1S/2C2H4OS2.Ca/c2*1-3-2(4)5;/h2*1H3,(H,4,5);/q;;+2/p-2. The van der Waals surface area contributed by atoms with Crippen LogP contribution in [0.15, 0.2) is 0 Å². The topological polar surface area (TPSA) is 18.5 Å². The Bertz CT molecular complexity index is 105. The Kier molecular flexibility index (Phi) is 23.3. The van der Waals surface area contributed by atoms with Gasteiger partial charge in [-0.1, -0.05) is 0 Å². The second kappa shape index (κ2) is 14.0. The molecule has 0 aliphatic rings. The van der Waals surface area contributed by atoms with Crippen LogP contribution in [0.1, 0.15) is 0 Å². The van der Waals surface area contributed by atoms with Gasteiger partial charge in [0, 0.05) is 8.77 Å². The van der Waals surface area contributed by atoms with Gasteiger partial charge in [0.05, 0.1) is 14.2 Å². The molecule has 0 rings (SSSR count). The van der Waals surface area contributed by atoms with E-state index in [1.54, 1.807) is 0 Å². The Balaban J connectivity index is -0.000000107. The third-order valence-electron chi connectivity index (χ3n) is 0.333. The van der Waals surface area contributed by atoms with Gasteiger partial charge in [-0.3, -0.25) is 0 Å². The van der Waals surface area contributed by atoms with Crippen LogP contribution in [0.4, 0.5) is 0 Å². The van der Waals surface area contributed by atoms with Crippen LogP contribution >= 0.6 is 24.4 Å². The summed E-state index contributed by atoms with van der Waals surface area (Å²) in [4.78, 5) is 0. The van der Waals surface area contributed by atoms with Crippen molar-refractivity contribution in [3.05, 3.63) is 0 Å². The molecule has 0 amide bonds. The number of ether oxygens (including phenoxy) is 2. The molecular formula is C4H6CaO2S4. The first-order valence-electron chi connectivity index (χ1n) is 2.04. The maximum absolute atomic E-state index is 4.30. The van der Waals surface area contributed by atoms with Crippen LogP contribution in [0.3, 0.4) is 0 Å². The predicted octanol–water partition coefficient (Wildman–Crippen LogP) is 0.548. The van der Waals surface area contributed by atoms with Gasteiger partial charge in [-0.15, -0.1) is 0 Å². The van der Waals surface area contributed by atoms with Gasteiger partial charge in [-0.25, -0.2) is 0 Å². The molecule has 11 heavy (non-hydrogen) atoms. The van der Waals surface area contributed by atoms with E-state index in [1.165, 1.54) is 14.2 Å². The van der Waals surface area contributed by atoms with E-state index < -0.39 is 0 Å². The van der Waals surface area contributed by atoms with E-state index in [9.17, 15) is 0 Å². The van der Waals surface area contributed by atoms with Crippen molar-refractivity contribution in [2.45, 2.75) is 0 Å². The van der Waals surface area contributed by atoms with Crippen LogP contribution in [0.5, 0.6) is 0 Å². The van der Waals surface area contributed by atoms with Gasteiger partial charge in [-0.05, 0) is 0 Å². The maximum atomic E-state index is 4.30. The zero-order valence-corrected chi connectivity index (χ0v) is 11.6. The number of hydrogen-bond donors (Lipinski definition) is 0. The van der Waals surface area contributed by atoms with E-state index in [1.807, 2.05) is 0 Å². The van der Waals surface area contributed by atoms with Crippen LogP contribution in [0, 0.1) is 0 Å². The molecule has 0 aliphatic heterocycles. The van der Waals surface area contributed by atoms with Gasteiger partial charge in [0.2, 0.25) is 0 Å². The van der Waals surface area contributed by atoms with Crippen LogP contribution in [0.25, 0.3) is 0 Å². The molecule has 0 aromatic carbocycles. The van der Waals surface area contributed by atoms with Crippen molar-refractivity contribution >= 4 is 96.2 Å². The summed E-state index contributed by atoms with van der Waals surface area (Å²) in [7, 11) is 2.91. The SMILES string of the molecule is COC(=S)[S-].COC(=S)[S-].[Ca+2]. The van der Waals surface area contributed by atoms with E-state index in [-0.39, 0.29) is 46.5 Å². The van der Waals surface area contributed by atoms with Crippen LogP contribution in [-0.2, 0) is 34.7 Å². The Labute approximate surface area is 118 Å². The molecule has 0 aromatic rings. The fourth-order valence-corrected chi connectivity index (χ4v) is 0. The van der Waals surface area contributed by atoms with Gasteiger partial charge in [0.1, 0.15) is 0 Å². The van der Waals surface area contributed by atoms with Crippen molar-refractivity contribution in [3.63, 3.8) is 0 Å². The first kappa shape index (κ1) is 18.3. The van der Waals surface area contributed by atoms with Crippen molar-refractivity contribution in [1.82, 2.24) is 0 Å². The predicted molar refractivity (Wildman–Crippen MR) is 59.7 cm³/mol. The van der Waals surface area contributed by atoms with Crippen LogP contribution in [0.2, 0.25) is 0 Å². The summed E-state index contributed by atoms with van der Waals surface area (Å²) >= 11 is 17.2. The number of rotatable bonds is 0. The fourth-order valence-electron chi connectivity index (χ4n) is 0. The minimum absolute atomic E-state index is 0. The zero-order valence-electron chi connectivity index (χ0n) is 6.16. The van der Waals surface area contributed by atoms with E-state index >= 15 is 0 Å². The molecular weight excluding hydrogens is 248 g/mol. The van der Waals surface area contributed by atoms with Gasteiger partial charge in [0.15, 0.2) is 0 Å². The number of thiocarbonyl (C=S) groups is 2. The van der Waals surface area contributed by atoms with E-state index in [2.05, 4.69) is 59.2 Å². The molecule has 0 saturated carbocycles. The van der Waals surface area contributed by atoms with Crippen molar-refractivity contribution in [2.24, 2.45) is 0 Å². The summed E-state index contributed by atoms with van der Waals surface area (Å²) < 4.78 is 8.94. The van der Waals surface area contributed by atoms with Crippen LogP contribution in [-0.4, -0.2) is 60.7 Å². The molecule has 7 heteroatoms. The summed E-state index contributed by atoms with van der Waals surface area (Å²) in [5.74, 6) is 0. The Morgan fingerprint density at radius 1 is 1.00 bits per heavy atom. The third-order valence-corrected chi connectivity index (χ3v) is 1.00. The first-order valence-corrected chi connectivity index (χ1v) is 3.67. The van der Waals surface area contributed by atoms with E-state index in [0.29, 0.717) is 0 Å². The second-order valence-electron chi connectivity index (χ2n) is 0.908. The molecule has 0 heterocycles. The minimum atomic E-state index is 0. The van der Waals surface area contributed by atoms with Crippen molar-refractivity contribution in [2.75, 3.05) is 14.2 Å². The van der Waals surface area contributed by atoms with E-state index in [4.69, 9.17) is 0 Å². The van der Waals surface area contributed by atoms with Gasteiger partial charge in [0.25, 0.3) is 0 Å². The van der Waals surface area contributed by atoms with Crippen molar-refractivity contribution in [3.8, 4) is 0 Å². The van der Waals surface area contributed by atoms with Gasteiger partial charge >= 0.3 is 37.7 Å². The second-order valence-corrected chi connectivity index (χ2v) is 2.91. The Hall–Kier alpha value is 1.48. The largest absolute Gasteiger partial charge is 2.00 e. The number of hydrogen-bond acceptors (Lipinski definition) is 6. The summed E-state index contributed by atoms with van der Waals surface area (Å²) in [5, 5.41) is 0. The summed E-state index contributed by atoms with van der Waals surface area (Å²) in [5.41, 5.74) is 0. The van der Waals surface area contributed by atoms with E-state index in [0.717, 1.165) is 0 Å². The molecule has 0 unspecified atom stereocenters. The zero-order chi connectivity index (χ0) is 8.57. The summed E-state index contributed by atoms with van der Waals surface area (Å²) in [6.07, 6.45) is 0. The molecule has 0 fully saturated rings. The quantitative estimate of drug-likeness (QED) is 0.354. The monoisotopic (exact) mass is 254 g/mol. The molecule has 0 spiro atoms. The molecule has 2 nitrogen and oxygen atoms in total. The molecule has 0 atom stereocenters. The van der Waals surface area contributed by atoms with Gasteiger partial charge in [-0.2, -0.15) is 0 Å². The average molecular weight is 254 g/mol.